The summed E-state index contributed by atoms with van der Waals surface area (Å²) in [4.78, 5) is 16.8. The number of halogens is 1. The van der Waals surface area contributed by atoms with Crippen molar-refractivity contribution < 1.29 is 4.74 Å². The summed E-state index contributed by atoms with van der Waals surface area (Å²) in [6.45, 7) is 4.15. The maximum atomic E-state index is 6.17. The van der Waals surface area contributed by atoms with Crippen molar-refractivity contribution in [2.75, 3.05) is 12.8 Å². The molecule has 0 saturated carbocycles. The molecule has 0 aliphatic rings. The number of nitrogens with zero attached hydrogens (tertiary/aromatic N) is 5. The highest BCUT2D eigenvalue weighted by Crippen LogP contribution is 2.31. The average molecular weight is 319 g/mol. The second-order valence-electron chi connectivity index (χ2n) is 5.05. The monoisotopic (exact) mass is 318 g/mol. The van der Waals surface area contributed by atoms with Crippen LogP contribution in [0.25, 0.3) is 22.4 Å². The lowest BCUT2D eigenvalue weighted by Crippen LogP contribution is -2.01. The molecule has 0 saturated heterocycles. The van der Waals surface area contributed by atoms with E-state index in [4.69, 9.17) is 22.1 Å². The number of nitrogens with two attached hydrogens (primary N) is 1. The van der Waals surface area contributed by atoms with E-state index >= 15 is 0 Å². The van der Waals surface area contributed by atoms with Crippen LogP contribution in [0.5, 0.6) is 5.88 Å². The Morgan fingerprint density at radius 3 is 2.73 bits per heavy atom. The number of hydrogen-bond acceptors (Lipinski definition) is 6. The molecule has 0 atom stereocenters. The molecule has 0 aromatic carbocycles. The molecule has 0 fully saturated rings. The van der Waals surface area contributed by atoms with Crippen LogP contribution in [0, 0.1) is 0 Å². The predicted molar refractivity (Wildman–Crippen MR) is 84.9 cm³/mol. The summed E-state index contributed by atoms with van der Waals surface area (Å²) in [5.41, 5.74) is 8.26. The number of anilines is 1. The van der Waals surface area contributed by atoms with Crippen LogP contribution in [0.15, 0.2) is 18.6 Å². The molecule has 3 heterocycles. The minimum Gasteiger partial charge on any atom is -0.479 e. The molecule has 0 aliphatic heterocycles. The molecule has 0 amide bonds. The summed E-state index contributed by atoms with van der Waals surface area (Å²) >= 11 is 6.17. The minimum absolute atomic E-state index is 0.137. The molecular weight excluding hydrogens is 304 g/mol. The van der Waals surface area contributed by atoms with Gasteiger partial charge in [0.2, 0.25) is 11.8 Å². The highest BCUT2D eigenvalue weighted by Gasteiger charge is 2.17. The smallest absolute Gasteiger partial charge is 0.242 e. The Kier molecular flexibility index (Phi) is 3.58. The van der Waals surface area contributed by atoms with Gasteiger partial charge in [-0.15, -0.1) is 0 Å². The van der Waals surface area contributed by atoms with Crippen LogP contribution >= 0.6 is 11.6 Å². The number of rotatable bonds is 3. The van der Waals surface area contributed by atoms with E-state index in [1.54, 1.807) is 13.4 Å². The summed E-state index contributed by atoms with van der Waals surface area (Å²) in [7, 11) is 1.55. The third-order valence-corrected chi connectivity index (χ3v) is 3.56. The zero-order chi connectivity index (χ0) is 15.9. The second kappa shape index (κ2) is 5.42. The van der Waals surface area contributed by atoms with Crippen molar-refractivity contribution in [1.29, 1.82) is 0 Å². The van der Waals surface area contributed by atoms with Crippen LogP contribution in [0.2, 0.25) is 5.02 Å². The molecule has 3 aromatic heterocycles. The first-order chi connectivity index (χ1) is 10.5. The van der Waals surface area contributed by atoms with Gasteiger partial charge in [0.1, 0.15) is 5.69 Å². The fourth-order valence-corrected chi connectivity index (χ4v) is 2.43. The number of imidazole rings is 1. The fourth-order valence-electron chi connectivity index (χ4n) is 2.24. The quantitative estimate of drug-likeness (QED) is 0.798. The van der Waals surface area contributed by atoms with Gasteiger partial charge in [-0.25, -0.2) is 19.9 Å². The zero-order valence-corrected chi connectivity index (χ0v) is 13.2. The molecule has 0 spiro atoms. The molecule has 22 heavy (non-hydrogen) atoms. The largest absolute Gasteiger partial charge is 0.479 e. The number of pyridine rings is 1. The molecule has 3 aromatic rings. The van der Waals surface area contributed by atoms with Crippen LogP contribution in [-0.2, 0) is 0 Å². The molecule has 0 bridgehead atoms. The normalized spacial score (nSPS) is 11.3. The molecule has 8 heteroatoms. The molecule has 0 unspecified atom stereocenters. The molecule has 3 rings (SSSR count). The van der Waals surface area contributed by atoms with Crippen LogP contribution < -0.4 is 10.5 Å². The van der Waals surface area contributed by atoms with Gasteiger partial charge in [-0.05, 0) is 19.9 Å². The first-order valence-electron chi connectivity index (χ1n) is 6.71. The van der Waals surface area contributed by atoms with E-state index in [0.29, 0.717) is 27.8 Å². The van der Waals surface area contributed by atoms with Crippen molar-refractivity contribution in [3.05, 3.63) is 23.6 Å². The predicted octanol–water partition coefficient (Wildman–Crippen LogP) is 2.71. The van der Waals surface area contributed by atoms with Gasteiger partial charge >= 0.3 is 0 Å². The van der Waals surface area contributed by atoms with Crippen LogP contribution in [0.3, 0.4) is 0 Å². The van der Waals surface area contributed by atoms with Crippen molar-refractivity contribution >= 4 is 28.6 Å². The van der Waals surface area contributed by atoms with Crippen molar-refractivity contribution in [3.8, 4) is 17.3 Å². The van der Waals surface area contributed by atoms with E-state index in [-0.39, 0.29) is 12.0 Å². The summed E-state index contributed by atoms with van der Waals surface area (Å²) < 4.78 is 7.38. The Morgan fingerprint density at radius 2 is 2.05 bits per heavy atom. The number of nitrogen functional groups attached to an aromatic ring is 1. The van der Waals surface area contributed by atoms with Crippen molar-refractivity contribution in [3.63, 3.8) is 0 Å². The Hall–Kier alpha value is -2.41. The Balaban J connectivity index is 2.30. The van der Waals surface area contributed by atoms with Gasteiger partial charge in [-0.2, -0.15) is 0 Å². The lowest BCUT2D eigenvalue weighted by atomic mass is 10.2. The molecule has 7 nitrogen and oxygen atoms in total. The van der Waals surface area contributed by atoms with E-state index in [1.807, 2.05) is 10.6 Å². The van der Waals surface area contributed by atoms with E-state index < -0.39 is 0 Å². The van der Waals surface area contributed by atoms with Gasteiger partial charge in [-0.1, -0.05) is 11.6 Å². The number of fused-ring (bicyclic) bond motifs is 1. The molecule has 0 aliphatic carbocycles. The topological polar surface area (TPSA) is 91.7 Å². The van der Waals surface area contributed by atoms with Crippen LogP contribution in [0.4, 0.5) is 5.95 Å². The fraction of sp³-hybridized carbons (Fsp3) is 0.286. The maximum absolute atomic E-state index is 6.17. The standard InChI is InChI=1S/C14H15ClN6O/c1-7(2)21-6-18-12-10(21)4-9(19-13(12)22-3)11-8(15)5-17-14(16)20-11/h4-7H,1-3H3,(H2,16,17,20). The molecule has 0 radical (unpaired) electrons. The minimum atomic E-state index is 0.137. The average Bonchev–Trinajstić information content (AvgIpc) is 2.92. The second-order valence-corrected chi connectivity index (χ2v) is 5.46. The van der Waals surface area contributed by atoms with Crippen molar-refractivity contribution in [2.45, 2.75) is 19.9 Å². The molecule has 2 N–H and O–H groups in total. The molecule has 114 valence electrons. The highest BCUT2D eigenvalue weighted by atomic mass is 35.5. The zero-order valence-electron chi connectivity index (χ0n) is 12.4. The summed E-state index contributed by atoms with van der Waals surface area (Å²) in [6, 6.07) is 2.12. The Bertz CT molecular complexity index is 845. The Labute approximate surface area is 132 Å². The van der Waals surface area contributed by atoms with Gasteiger partial charge in [0.15, 0.2) is 5.52 Å². The third-order valence-electron chi connectivity index (χ3n) is 3.29. The first kappa shape index (κ1) is 14.5. The third kappa shape index (κ3) is 2.33. The van der Waals surface area contributed by atoms with Crippen molar-refractivity contribution in [2.24, 2.45) is 0 Å². The summed E-state index contributed by atoms with van der Waals surface area (Å²) in [5.74, 6) is 0.554. The lowest BCUT2D eigenvalue weighted by Gasteiger charge is -2.10. The van der Waals surface area contributed by atoms with Crippen LogP contribution in [-0.4, -0.2) is 31.6 Å². The van der Waals surface area contributed by atoms with E-state index in [9.17, 15) is 0 Å². The summed E-state index contributed by atoms with van der Waals surface area (Å²) in [5, 5.41) is 0.374. The van der Waals surface area contributed by atoms with Gasteiger partial charge in [0, 0.05) is 6.04 Å². The number of hydrogen-bond donors (Lipinski definition) is 1. The van der Waals surface area contributed by atoms with Crippen LogP contribution in [0.1, 0.15) is 19.9 Å². The van der Waals surface area contributed by atoms with E-state index in [0.717, 1.165) is 5.52 Å². The van der Waals surface area contributed by atoms with Gasteiger partial charge in [0.25, 0.3) is 0 Å². The first-order valence-corrected chi connectivity index (χ1v) is 7.09. The van der Waals surface area contributed by atoms with Gasteiger partial charge in [0.05, 0.1) is 35.9 Å². The van der Waals surface area contributed by atoms with E-state index in [2.05, 4.69) is 33.8 Å². The van der Waals surface area contributed by atoms with E-state index in [1.165, 1.54) is 6.20 Å². The maximum Gasteiger partial charge on any atom is 0.242 e. The number of ether oxygens (including phenoxy) is 1. The lowest BCUT2D eigenvalue weighted by molar-refractivity contribution is 0.403. The molecular formula is C14H15ClN6O. The van der Waals surface area contributed by atoms with Gasteiger partial charge < -0.3 is 15.0 Å². The van der Waals surface area contributed by atoms with Crippen molar-refractivity contribution in [1.82, 2.24) is 24.5 Å². The number of aromatic nitrogens is 5. The highest BCUT2D eigenvalue weighted by molar-refractivity contribution is 6.32. The number of methoxy groups -OCH3 is 1. The SMILES string of the molecule is COc1nc(-c2nc(N)ncc2Cl)cc2c1ncn2C(C)C. The Morgan fingerprint density at radius 1 is 1.27 bits per heavy atom. The summed E-state index contributed by atoms with van der Waals surface area (Å²) in [6.07, 6.45) is 3.22. The van der Waals surface area contributed by atoms with Gasteiger partial charge in [-0.3, -0.25) is 0 Å².